The van der Waals surface area contributed by atoms with Gasteiger partial charge in [-0.2, -0.15) is 0 Å². The summed E-state index contributed by atoms with van der Waals surface area (Å²) in [5.41, 5.74) is 1.04. The molecule has 0 spiro atoms. The van der Waals surface area contributed by atoms with Crippen molar-refractivity contribution in [1.82, 2.24) is 0 Å². The quantitative estimate of drug-likeness (QED) is 0.417. The lowest BCUT2D eigenvalue weighted by molar-refractivity contribution is -0.132. The van der Waals surface area contributed by atoms with Gasteiger partial charge in [-0.3, -0.25) is 14.4 Å². The van der Waals surface area contributed by atoms with E-state index in [2.05, 4.69) is 6.58 Å². The molecular formula is C22H20O7. The van der Waals surface area contributed by atoms with E-state index >= 15 is 0 Å². The van der Waals surface area contributed by atoms with Crippen LogP contribution in [0.3, 0.4) is 0 Å². The summed E-state index contributed by atoms with van der Waals surface area (Å²) in [6, 6.07) is 9.70. The predicted molar refractivity (Wildman–Crippen MR) is 104 cm³/mol. The lowest BCUT2D eigenvalue weighted by atomic mass is 9.95. The molecule has 0 saturated carbocycles. The third-order valence-corrected chi connectivity index (χ3v) is 4.09. The van der Waals surface area contributed by atoms with Crippen molar-refractivity contribution >= 4 is 17.7 Å². The van der Waals surface area contributed by atoms with Gasteiger partial charge in [-0.15, -0.1) is 0 Å². The first-order valence-electron chi connectivity index (χ1n) is 8.95. The molecule has 1 atom stereocenters. The van der Waals surface area contributed by atoms with Crippen molar-refractivity contribution in [3.05, 3.63) is 60.2 Å². The number of ketones is 1. The van der Waals surface area contributed by atoms with Crippen molar-refractivity contribution in [2.45, 2.75) is 26.4 Å². The number of fused-ring (bicyclic) bond motifs is 1. The van der Waals surface area contributed by atoms with E-state index in [0.717, 1.165) is 5.56 Å². The van der Waals surface area contributed by atoms with Crippen LogP contribution in [0.2, 0.25) is 0 Å². The molecule has 7 nitrogen and oxygen atoms in total. The van der Waals surface area contributed by atoms with Gasteiger partial charge in [0.05, 0.1) is 6.42 Å². The lowest BCUT2D eigenvalue weighted by Crippen LogP contribution is -2.21. The summed E-state index contributed by atoms with van der Waals surface area (Å²) in [6.07, 6.45) is 1.12. The molecule has 1 heterocycles. The van der Waals surface area contributed by atoms with E-state index in [4.69, 9.17) is 18.9 Å². The van der Waals surface area contributed by atoms with Gasteiger partial charge >= 0.3 is 11.9 Å². The molecule has 1 aliphatic rings. The molecule has 7 heteroatoms. The van der Waals surface area contributed by atoms with Gasteiger partial charge in [0.1, 0.15) is 41.3 Å². The monoisotopic (exact) mass is 396 g/mol. The minimum absolute atomic E-state index is 0.108. The minimum atomic E-state index is -0.541. The van der Waals surface area contributed by atoms with Crippen LogP contribution < -0.4 is 18.9 Å². The zero-order valence-electron chi connectivity index (χ0n) is 16.1. The van der Waals surface area contributed by atoms with Gasteiger partial charge in [-0.05, 0) is 17.7 Å². The van der Waals surface area contributed by atoms with E-state index in [0.29, 0.717) is 11.3 Å². The van der Waals surface area contributed by atoms with Crippen molar-refractivity contribution < 1.29 is 33.3 Å². The SMILES string of the molecule is C=CCOc1cc(OC(C)=O)cc2c1C(=O)CC(c1ccc(OC(C)=O)cc1)O2. The Morgan fingerprint density at radius 3 is 2.38 bits per heavy atom. The smallest absolute Gasteiger partial charge is 0.308 e. The van der Waals surface area contributed by atoms with Crippen molar-refractivity contribution in [2.75, 3.05) is 6.61 Å². The molecule has 1 aliphatic heterocycles. The number of hydrogen-bond acceptors (Lipinski definition) is 7. The second kappa shape index (κ2) is 8.60. The Hall–Kier alpha value is -3.61. The molecule has 0 aliphatic carbocycles. The average molecular weight is 396 g/mol. The number of esters is 2. The Labute approximate surface area is 167 Å². The molecule has 2 aromatic carbocycles. The summed E-state index contributed by atoms with van der Waals surface area (Å²) in [4.78, 5) is 35.2. The fourth-order valence-electron chi connectivity index (χ4n) is 2.99. The number of ether oxygens (including phenoxy) is 4. The Kier molecular flexibility index (Phi) is 5.97. The molecule has 0 amide bonds. The van der Waals surface area contributed by atoms with Gasteiger partial charge in [0.2, 0.25) is 0 Å². The average Bonchev–Trinajstić information content (AvgIpc) is 2.65. The molecule has 3 rings (SSSR count). The lowest BCUT2D eigenvalue weighted by Gasteiger charge is -2.27. The largest absolute Gasteiger partial charge is 0.488 e. The maximum Gasteiger partial charge on any atom is 0.308 e. The second-order valence-electron chi connectivity index (χ2n) is 6.38. The Bertz CT molecular complexity index is 960. The normalized spacial score (nSPS) is 15.0. The van der Waals surface area contributed by atoms with E-state index in [-0.39, 0.29) is 36.1 Å². The van der Waals surface area contributed by atoms with E-state index in [1.165, 1.54) is 26.0 Å². The molecule has 0 aromatic heterocycles. The summed E-state index contributed by atoms with van der Waals surface area (Å²) >= 11 is 0. The maximum absolute atomic E-state index is 12.8. The molecule has 0 radical (unpaired) electrons. The molecule has 29 heavy (non-hydrogen) atoms. The third-order valence-electron chi connectivity index (χ3n) is 4.09. The van der Waals surface area contributed by atoms with Crippen LogP contribution in [0.15, 0.2) is 49.1 Å². The van der Waals surface area contributed by atoms with Crippen LogP contribution in [0, 0.1) is 0 Å². The van der Waals surface area contributed by atoms with Crippen molar-refractivity contribution in [2.24, 2.45) is 0 Å². The molecule has 0 N–H and O–H groups in total. The number of rotatable bonds is 6. The van der Waals surface area contributed by atoms with Crippen LogP contribution in [-0.4, -0.2) is 24.3 Å². The zero-order valence-corrected chi connectivity index (χ0v) is 16.1. The number of hydrogen-bond donors (Lipinski definition) is 0. The van der Waals surface area contributed by atoms with E-state index in [9.17, 15) is 14.4 Å². The van der Waals surface area contributed by atoms with Crippen LogP contribution in [0.1, 0.15) is 42.3 Å². The van der Waals surface area contributed by atoms with Crippen LogP contribution in [0.5, 0.6) is 23.0 Å². The second-order valence-corrected chi connectivity index (χ2v) is 6.38. The summed E-state index contributed by atoms with van der Waals surface area (Å²) in [6.45, 7) is 6.38. The fourth-order valence-corrected chi connectivity index (χ4v) is 2.99. The molecule has 0 saturated heterocycles. The van der Waals surface area contributed by atoms with Crippen molar-refractivity contribution in [1.29, 1.82) is 0 Å². The van der Waals surface area contributed by atoms with E-state index in [1.807, 2.05) is 0 Å². The minimum Gasteiger partial charge on any atom is -0.488 e. The first kappa shape index (κ1) is 20.1. The first-order chi connectivity index (χ1) is 13.9. The predicted octanol–water partition coefficient (Wildman–Crippen LogP) is 3.81. The number of Topliss-reactive ketones (excluding diaryl/α,β-unsaturated/α-hetero) is 1. The highest BCUT2D eigenvalue weighted by atomic mass is 16.5. The Balaban J connectivity index is 1.92. The van der Waals surface area contributed by atoms with Crippen LogP contribution in [0.4, 0.5) is 0 Å². The molecule has 0 fully saturated rings. The van der Waals surface area contributed by atoms with Crippen LogP contribution >= 0.6 is 0 Å². The molecule has 1 unspecified atom stereocenters. The topological polar surface area (TPSA) is 88.1 Å². The summed E-state index contributed by atoms with van der Waals surface area (Å²) in [7, 11) is 0. The standard InChI is InChI=1S/C22H20O7/c1-4-9-26-20-10-17(28-14(3)24)11-21-22(20)18(25)12-19(29-21)15-5-7-16(8-6-15)27-13(2)23/h4-8,10-11,19H,1,9,12H2,2-3H3. The summed E-state index contributed by atoms with van der Waals surface area (Å²) in [5.74, 6) is 0.0874. The van der Waals surface area contributed by atoms with Crippen molar-refractivity contribution in [3.63, 3.8) is 0 Å². The summed E-state index contributed by atoms with van der Waals surface area (Å²) in [5, 5.41) is 0. The highest BCUT2D eigenvalue weighted by Gasteiger charge is 2.31. The van der Waals surface area contributed by atoms with Gasteiger partial charge in [0.15, 0.2) is 5.78 Å². The van der Waals surface area contributed by atoms with Crippen LogP contribution in [0.25, 0.3) is 0 Å². The summed E-state index contributed by atoms with van der Waals surface area (Å²) < 4.78 is 21.8. The number of benzene rings is 2. The molecular weight excluding hydrogens is 376 g/mol. The number of carbonyl (C=O) groups is 3. The highest BCUT2D eigenvalue weighted by molar-refractivity contribution is 6.03. The zero-order chi connectivity index (χ0) is 21.0. The Morgan fingerprint density at radius 2 is 1.76 bits per heavy atom. The first-order valence-corrected chi connectivity index (χ1v) is 8.95. The Morgan fingerprint density at radius 1 is 1.10 bits per heavy atom. The highest BCUT2D eigenvalue weighted by Crippen LogP contribution is 2.42. The van der Waals surface area contributed by atoms with Gasteiger partial charge in [0, 0.05) is 26.0 Å². The third kappa shape index (κ3) is 4.82. The van der Waals surface area contributed by atoms with Crippen molar-refractivity contribution in [3.8, 4) is 23.0 Å². The van der Waals surface area contributed by atoms with Crippen LogP contribution in [-0.2, 0) is 9.59 Å². The fraction of sp³-hybridized carbons (Fsp3) is 0.227. The van der Waals surface area contributed by atoms with Gasteiger partial charge in [-0.25, -0.2) is 0 Å². The maximum atomic E-state index is 12.8. The van der Waals surface area contributed by atoms with Gasteiger partial charge in [-0.1, -0.05) is 24.8 Å². The van der Waals surface area contributed by atoms with Gasteiger partial charge in [0.25, 0.3) is 0 Å². The van der Waals surface area contributed by atoms with E-state index < -0.39 is 18.0 Å². The van der Waals surface area contributed by atoms with Gasteiger partial charge < -0.3 is 18.9 Å². The molecule has 0 bridgehead atoms. The molecule has 2 aromatic rings. The van der Waals surface area contributed by atoms with E-state index in [1.54, 1.807) is 30.3 Å². The number of carbonyl (C=O) groups excluding carboxylic acids is 3. The molecule has 150 valence electrons.